The number of pyridine rings is 2. The van der Waals surface area contributed by atoms with Crippen molar-refractivity contribution in [1.82, 2.24) is 19.6 Å². The molecule has 198 valence electrons. The first-order chi connectivity index (χ1) is 17.9. The van der Waals surface area contributed by atoms with Crippen molar-refractivity contribution in [2.75, 3.05) is 41.4 Å². The number of hydrogen-bond acceptors (Lipinski definition) is 6. The molecule has 1 aliphatic heterocycles. The summed E-state index contributed by atoms with van der Waals surface area (Å²) >= 11 is 0. The summed E-state index contributed by atoms with van der Waals surface area (Å²) in [5, 5.41) is 7.43. The fraction of sp³-hybridized carbons (Fsp3) is 0.571. The van der Waals surface area contributed by atoms with Crippen molar-refractivity contribution in [2.45, 2.75) is 66.7 Å². The second-order valence-electron chi connectivity index (χ2n) is 10.5. The maximum Gasteiger partial charge on any atom is 0.327 e. The number of amides is 2. The van der Waals surface area contributed by atoms with E-state index in [0.29, 0.717) is 41.5 Å². The van der Waals surface area contributed by atoms with Gasteiger partial charge in [-0.15, -0.1) is 0 Å². The van der Waals surface area contributed by atoms with Gasteiger partial charge in [-0.2, -0.15) is 5.10 Å². The number of carbonyl (C=O) groups is 1. The number of aromatic nitrogens is 4. The van der Waals surface area contributed by atoms with Crippen LogP contribution in [0.1, 0.15) is 64.8 Å². The van der Waals surface area contributed by atoms with E-state index in [0.717, 1.165) is 37.7 Å². The minimum Gasteiger partial charge on any atom is -0.491 e. The van der Waals surface area contributed by atoms with Crippen molar-refractivity contribution in [3.63, 3.8) is 0 Å². The Morgan fingerprint density at radius 2 is 2.11 bits per heavy atom. The average molecular weight is 506 g/mol. The van der Waals surface area contributed by atoms with Gasteiger partial charge in [-0.1, -0.05) is 27.2 Å². The summed E-state index contributed by atoms with van der Waals surface area (Å²) in [6, 6.07) is 3.72. The van der Waals surface area contributed by atoms with E-state index in [-0.39, 0.29) is 6.03 Å². The Morgan fingerprint density at radius 3 is 2.81 bits per heavy atom. The number of nitrogens with one attached hydrogen (secondary N) is 1. The van der Waals surface area contributed by atoms with E-state index in [1.165, 1.54) is 30.5 Å². The topological polar surface area (TPSA) is 87.9 Å². The fourth-order valence-corrected chi connectivity index (χ4v) is 5.67. The molecule has 9 nitrogen and oxygen atoms in total. The van der Waals surface area contributed by atoms with Crippen LogP contribution in [-0.2, 0) is 6.42 Å². The molecule has 0 radical (unpaired) electrons. The highest BCUT2D eigenvalue weighted by Gasteiger charge is 2.47. The number of carbonyl (C=O) groups excluding carboxylic acids is 1. The van der Waals surface area contributed by atoms with E-state index in [2.05, 4.69) is 52.1 Å². The number of ether oxygens (including phenoxy) is 1. The molecule has 5 rings (SSSR count). The number of nitrogens with zero attached hydrogens (tertiary/aromatic N) is 6. The average Bonchev–Trinajstić information content (AvgIpc) is 3.38. The largest absolute Gasteiger partial charge is 0.491 e. The van der Waals surface area contributed by atoms with Crippen molar-refractivity contribution in [2.24, 2.45) is 11.3 Å². The predicted molar refractivity (Wildman–Crippen MR) is 147 cm³/mol. The molecule has 9 heteroatoms. The Hall–Kier alpha value is -3.36. The maximum atomic E-state index is 13.5. The zero-order valence-electron chi connectivity index (χ0n) is 22.8. The van der Waals surface area contributed by atoms with Gasteiger partial charge in [0.15, 0.2) is 5.65 Å². The van der Waals surface area contributed by atoms with E-state index >= 15 is 0 Å². The second kappa shape index (κ2) is 10.2. The molecule has 0 spiro atoms. The summed E-state index contributed by atoms with van der Waals surface area (Å²) in [6.07, 6.45) is 9.31. The molecule has 3 aromatic rings. The molecule has 2 amide bonds. The highest BCUT2D eigenvalue weighted by Crippen LogP contribution is 2.54. The summed E-state index contributed by atoms with van der Waals surface area (Å²) in [5.41, 5.74) is 4.05. The van der Waals surface area contributed by atoms with Gasteiger partial charge in [-0.3, -0.25) is 4.90 Å². The minimum absolute atomic E-state index is 0.221. The minimum atomic E-state index is -0.221. The summed E-state index contributed by atoms with van der Waals surface area (Å²) < 4.78 is 7.47. The third-order valence-electron chi connectivity index (χ3n) is 8.07. The number of aryl methyl sites for hydroxylation is 1. The molecular formula is C28H39N7O2. The highest BCUT2D eigenvalue weighted by atomic mass is 16.5. The van der Waals surface area contributed by atoms with Gasteiger partial charge in [-0.25, -0.2) is 19.3 Å². The third kappa shape index (κ3) is 4.83. The van der Waals surface area contributed by atoms with Crippen LogP contribution in [0.5, 0.6) is 5.75 Å². The highest BCUT2D eigenvalue weighted by molar-refractivity contribution is 6.03. The Morgan fingerprint density at radius 1 is 1.30 bits per heavy atom. The van der Waals surface area contributed by atoms with Gasteiger partial charge in [0, 0.05) is 43.1 Å². The van der Waals surface area contributed by atoms with Gasteiger partial charge in [-0.05, 0) is 56.9 Å². The first-order valence-corrected chi connectivity index (χ1v) is 13.7. The summed E-state index contributed by atoms with van der Waals surface area (Å²) in [4.78, 5) is 26.9. The van der Waals surface area contributed by atoms with Crippen LogP contribution in [0, 0.1) is 18.3 Å². The zero-order valence-corrected chi connectivity index (χ0v) is 22.8. The maximum absolute atomic E-state index is 13.5. The molecular weight excluding hydrogens is 466 g/mol. The fourth-order valence-electron chi connectivity index (χ4n) is 5.67. The standard InChI is InChI=1S/C28H39N7O2/c1-6-14-33(18-28(11-12-28)19(4)7-2)23-9-13-29-26-21(23)10-15-34(26)27(36)31-22-17-35-25(30-20(5)32-35)16-24(22)37-8-3/h9,13,16-17,19H,6-8,10-12,14-15,18H2,1-5H3,(H,31,36). The van der Waals surface area contributed by atoms with E-state index in [1.54, 1.807) is 21.7 Å². The van der Waals surface area contributed by atoms with Crippen LogP contribution in [0.25, 0.3) is 5.65 Å². The Balaban J connectivity index is 1.40. The Bertz CT molecular complexity index is 1280. The number of fused-ring (bicyclic) bond motifs is 2. The summed E-state index contributed by atoms with van der Waals surface area (Å²) in [5.74, 6) is 2.70. The number of rotatable bonds is 10. The molecule has 1 N–H and O–H groups in total. The van der Waals surface area contributed by atoms with Crippen LogP contribution in [0.15, 0.2) is 24.5 Å². The Labute approximate surface area is 219 Å². The van der Waals surface area contributed by atoms with Gasteiger partial charge >= 0.3 is 6.03 Å². The monoisotopic (exact) mass is 505 g/mol. The SMILES string of the molecule is CCCN(CC1(C(C)CC)CC1)c1ccnc2c1CCN2C(=O)Nc1cn2nc(C)nc2cc1OCC. The number of hydrogen-bond donors (Lipinski definition) is 1. The first kappa shape index (κ1) is 25.3. The molecule has 4 heterocycles. The lowest BCUT2D eigenvalue weighted by Crippen LogP contribution is -2.35. The summed E-state index contributed by atoms with van der Waals surface area (Å²) in [7, 11) is 0. The van der Waals surface area contributed by atoms with Crippen LogP contribution in [0.3, 0.4) is 0 Å². The molecule has 0 aromatic carbocycles. The molecule has 1 aliphatic carbocycles. The predicted octanol–water partition coefficient (Wildman–Crippen LogP) is 5.47. The van der Waals surface area contributed by atoms with Crippen molar-refractivity contribution in [3.8, 4) is 5.75 Å². The summed E-state index contributed by atoms with van der Waals surface area (Å²) in [6.45, 7) is 13.9. The normalized spacial score (nSPS) is 16.5. The number of urea groups is 1. The van der Waals surface area contributed by atoms with E-state index in [9.17, 15) is 4.79 Å². The van der Waals surface area contributed by atoms with Gasteiger partial charge < -0.3 is 15.0 Å². The van der Waals surface area contributed by atoms with Crippen LogP contribution < -0.4 is 19.9 Å². The lowest BCUT2D eigenvalue weighted by atomic mass is 9.87. The number of anilines is 3. The van der Waals surface area contributed by atoms with Gasteiger partial charge in [0.2, 0.25) is 0 Å². The van der Waals surface area contributed by atoms with Crippen molar-refractivity contribution in [3.05, 3.63) is 35.9 Å². The van der Waals surface area contributed by atoms with Gasteiger partial charge in [0.25, 0.3) is 0 Å². The van der Waals surface area contributed by atoms with Crippen molar-refractivity contribution in [1.29, 1.82) is 0 Å². The molecule has 0 saturated heterocycles. The zero-order chi connectivity index (χ0) is 26.2. The molecule has 1 atom stereocenters. The lowest BCUT2D eigenvalue weighted by molar-refractivity contribution is 0.257. The van der Waals surface area contributed by atoms with Crippen molar-refractivity contribution >= 4 is 28.9 Å². The van der Waals surface area contributed by atoms with Crippen LogP contribution in [0.4, 0.5) is 22.0 Å². The Kier molecular flexibility index (Phi) is 6.96. The quantitative estimate of drug-likeness (QED) is 0.393. The van der Waals surface area contributed by atoms with Gasteiger partial charge in [0.1, 0.15) is 23.1 Å². The van der Waals surface area contributed by atoms with E-state index < -0.39 is 0 Å². The lowest BCUT2D eigenvalue weighted by Gasteiger charge is -2.33. The molecule has 37 heavy (non-hydrogen) atoms. The van der Waals surface area contributed by atoms with Gasteiger partial charge in [0.05, 0.1) is 12.8 Å². The van der Waals surface area contributed by atoms with E-state index in [1.807, 2.05) is 20.0 Å². The molecule has 1 fully saturated rings. The first-order valence-electron chi connectivity index (χ1n) is 13.7. The third-order valence-corrected chi connectivity index (χ3v) is 8.07. The van der Waals surface area contributed by atoms with E-state index in [4.69, 9.17) is 4.74 Å². The van der Waals surface area contributed by atoms with Crippen molar-refractivity contribution < 1.29 is 9.53 Å². The molecule has 1 saturated carbocycles. The molecule has 1 unspecified atom stereocenters. The van der Waals surface area contributed by atoms with Crippen LogP contribution >= 0.6 is 0 Å². The van der Waals surface area contributed by atoms with Crippen LogP contribution in [-0.4, -0.2) is 51.9 Å². The second-order valence-corrected chi connectivity index (χ2v) is 10.5. The smallest absolute Gasteiger partial charge is 0.327 e. The van der Waals surface area contributed by atoms with Crippen LogP contribution in [0.2, 0.25) is 0 Å². The molecule has 0 bridgehead atoms. The molecule has 3 aromatic heterocycles. The molecule has 2 aliphatic rings.